The summed E-state index contributed by atoms with van der Waals surface area (Å²) in [6.07, 6.45) is 0. The summed E-state index contributed by atoms with van der Waals surface area (Å²) in [5.41, 5.74) is 0. The third-order valence-electron chi connectivity index (χ3n) is 0. The summed E-state index contributed by atoms with van der Waals surface area (Å²) in [5, 5.41) is 0. The van der Waals surface area contributed by atoms with Crippen molar-refractivity contribution in [3.63, 3.8) is 0 Å². The Morgan fingerprint density at radius 1 is 0.600 bits per heavy atom. The Bertz CT molecular complexity index is 7.61. The van der Waals surface area contributed by atoms with Crippen molar-refractivity contribution >= 4 is 0 Å². The minimum atomic E-state index is 0. The molecular weight excluding hydrogens is 166 g/mol. The van der Waals surface area contributed by atoms with Gasteiger partial charge in [0, 0.05) is 0 Å². The molecule has 0 radical (unpaired) electrons. The standard InChI is InChI=1S/2FH.Mo.2O/h2*1H;;;/q;;+6;2*-2/p-2. The zero-order chi connectivity index (χ0) is 0. The molecule has 5 heteroatoms. The summed E-state index contributed by atoms with van der Waals surface area (Å²) < 4.78 is 0. The second-order valence-electron chi connectivity index (χ2n) is 0. The van der Waals surface area contributed by atoms with Crippen molar-refractivity contribution in [3.05, 3.63) is 0 Å². The molecule has 0 aliphatic carbocycles. The summed E-state index contributed by atoms with van der Waals surface area (Å²) >= 11 is 0. The van der Waals surface area contributed by atoms with Gasteiger partial charge < -0.3 is 20.4 Å². The Balaban J connectivity index is 0. The van der Waals surface area contributed by atoms with Crippen LogP contribution in [0.15, 0.2) is 0 Å². The van der Waals surface area contributed by atoms with E-state index < -0.39 is 0 Å². The Morgan fingerprint density at radius 3 is 0.600 bits per heavy atom. The maximum atomic E-state index is 0. The fraction of sp³-hybridized carbons (Fsp3) is 0. The van der Waals surface area contributed by atoms with Gasteiger partial charge in [-0.15, -0.1) is 0 Å². The molecule has 0 aromatic heterocycles. The molecule has 0 saturated heterocycles. The molecule has 0 fully saturated rings. The molecule has 2 nitrogen and oxygen atoms in total. The molecule has 0 bridgehead atoms. The second kappa shape index (κ2) is 245. The van der Waals surface area contributed by atoms with Gasteiger partial charge in [-0.2, -0.15) is 0 Å². The van der Waals surface area contributed by atoms with E-state index >= 15 is 0 Å². The predicted octanol–water partition coefficient (Wildman–Crippen LogP) is -6.23. The van der Waals surface area contributed by atoms with Gasteiger partial charge in [0.15, 0.2) is 0 Å². The maximum absolute atomic E-state index is 0. The van der Waals surface area contributed by atoms with Gasteiger partial charge >= 0.3 is 21.1 Å². The van der Waals surface area contributed by atoms with Gasteiger partial charge in [0.05, 0.1) is 0 Å². The normalized spacial score (nSPS) is 0. The van der Waals surface area contributed by atoms with Crippen molar-refractivity contribution < 1.29 is 41.4 Å². The molecule has 0 unspecified atom stereocenters. The largest absolute Gasteiger partial charge is 6.00 e. The predicted molar refractivity (Wildman–Crippen MR) is 1.37 cm³/mol. The molecule has 32 valence electrons. The van der Waals surface area contributed by atoms with Gasteiger partial charge in [-0.1, -0.05) is 0 Å². The number of rotatable bonds is 0. The number of halogens is 2. The van der Waals surface area contributed by atoms with Crippen LogP contribution in [0.1, 0.15) is 0 Å². The molecule has 5 heavy (non-hydrogen) atoms. The van der Waals surface area contributed by atoms with Gasteiger partial charge in [0.1, 0.15) is 0 Å². The van der Waals surface area contributed by atoms with Gasteiger partial charge in [0.2, 0.25) is 0 Å². The number of hydrogen-bond donors (Lipinski definition) is 0. The molecule has 0 aliphatic heterocycles. The van der Waals surface area contributed by atoms with Gasteiger partial charge in [-0.05, 0) is 0 Å². The SMILES string of the molecule is [F-].[F-].[Mo+6].[O-2].[O-2]. The summed E-state index contributed by atoms with van der Waals surface area (Å²) in [4.78, 5) is 0. The minimum Gasteiger partial charge on any atom is -2.00 e. The first kappa shape index (κ1) is 498. The van der Waals surface area contributed by atoms with Crippen molar-refractivity contribution in [2.24, 2.45) is 0 Å². The molecule has 0 N–H and O–H groups in total. The van der Waals surface area contributed by atoms with E-state index in [0.717, 1.165) is 0 Å². The van der Waals surface area contributed by atoms with E-state index in [1.165, 1.54) is 0 Å². The molecule has 0 amide bonds. The first-order chi connectivity index (χ1) is 0. The topological polar surface area (TPSA) is 57.0 Å². The average Bonchev–Trinajstić information content (AvgIpc) is 0. The van der Waals surface area contributed by atoms with Crippen molar-refractivity contribution in [1.29, 1.82) is 0 Å². The molecule has 0 aromatic carbocycles. The monoisotopic (exact) mass is 168 g/mol. The van der Waals surface area contributed by atoms with Crippen molar-refractivity contribution in [2.45, 2.75) is 0 Å². The number of hydrogen-bond acceptors (Lipinski definition) is 0. The molecule has 0 spiro atoms. The zero-order valence-corrected chi connectivity index (χ0v) is 3.99. The molecular formula is F2MoO2. The van der Waals surface area contributed by atoms with Gasteiger partial charge in [0.25, 0.3) is 0 Å². The Morgan fingerprint density at radius 2 is 0.600 bits per heavy atom. The molecule has 0 rings (SSSR count). The third kappa shape index (κ3) is 124. The molecule has 0 aromatic rings. The van der Waals surface area contributed by atoms with Crippen LogP contribution in [0.5, 0.6) is 0 Å². The maximum Gasteiger partial charge on any atom is 6.00 e. The summed E-state index contributed by atoms with van der Waals surface area (Å²) in [5.74, 6) is 0. The van der Waals surface area contributed by atoms with Crippen molar-refractivity contribution in [2.75, 3.05) is 0 Å². The first-order valence-electron chi connectivity index (χ1n) is 0. The van der Waals surface area contributed by atoms with Gasteiger partial charge in [-0.3, -0.25) is 0 Å². The van der Waals surface area contributed by atoms with Crippen molar-refractivity contribution in [1.82, 2.24) is 0 Å². The van der Waals surface area contributed by atoms with E-state index in [1.54, 1.807) is 0 Å². The van der Waals surface area contributed by atoms with Gasteiger partial charge in [-0.25, -0.2) is 0 Å². The van der Waals surface area contributed by atoms with Crippen LogP contribution in [0.4, 0.5) is 0 Å². The molecule has 0 aliphatic rings. The van der Waals surface area contributed by atoms with Crippen LogP contribution >= 0.6 is 0 Å². The van der Waals surface area contributed by atoms with E-state index in [4.69, 9.17) is 0 Å². The van der Waals surface area contributed by atoms with Crippen LogP contribution < -0.4 is 9.41 Å². The fourth-order valence-corrected chi connectivity index (χ4v) is 0. The van der Waals surface area contributed by atoms with Crippen LogP contribution in [0.2, 0.25) is 0 Å². The van der Waals surface area contributed by atoms with E-state index in [0.29, 0.717) is 0 Å². The van der Waals surface area contributed by atoms with Crippen LogP contribution in [0.3, 0.4) is 0 Å². The van der Waals surface area contributed by atoms with E-state index in [2.05, 4.69) is 0 Å². The van der Waals surface area contributed by atoms with E-state index in [1.807, 2.05) is 0 Å². The average molecular weight is 166 g/mol. The fourth-order valence-electron chi connectivity index (χ4n) is 0. The summed E-state index contributed by atoms with van der Waals surface area (Å²) in [6, 6.07) is 0. The summed E-state index contributed by atoms with van der Waals surface area (Å²) in [7, 11) is 0. The first-order valence-corrected chi connectivity index (χ1v) is 0. The molecule has 0 heterocycles. The van der Waals surface area contributed by atoms with Crippen LogP contribution in [0, 0.1) is 0 Å². The van der Waals surface area contributed by atoms with E-state index in [-0.39, 0.29) is 41.4 Å². The Kier molecular flexibility index (Phi) is 24400. The second-order valence-corrected chi connectivity index (χ2v) is 0. The van der Waals surface area contributed by atoms with E-state index in [9.17, 15) is 0 Å². The quantitative estimate of drug-likeness (QED) is 0.321. The third-order valence-corrected chi connectivity index (χ3v) is 0. The molecule has 0 saturated carbocycles. The van der Waals surface area contributed by atoms with Crippen LogP contribution in [-0.4, -0.2) is 0 Å². The Hall–Kier alpha value is 0.468. The zero-order valence-electron chi connectivity index (χ0n) is 1.98. The smallest absolute Gasteiger partial charge is 2.00 e. The minimum absolute atomic E-state index is 0. The van der Waals surface area contributed by atoms with Crippen molar-refractivity contribution in [3.8, 4) is 0 Å². The summed E-state index contributed by atoms with van der Waals surface area (Å²) in [6.45, 7) is 0. The van der Waals surface area contributed by atoms with Crippen LogP contribution in [0.25, 0.3) is 0 Å². The molecule has 0 atom stereocenters. The van der Waals surface area contributed by atoms with Crippen LogP contribution in [-0.2, 0) is 32.0 Å². The Labute approximate surface area is 42.2 Å².